The standard InChI is InChI=1S/C15H18ClNO2/c1-11(9-12-4-6-13(16)7-5-12)17-10-14(18)15-3-2-8-19-15/h2-8,11,14,17-18H,9-10H2,1H3. The highest BCUT2D eigenvalue weighted by atomic mass is 35.5. The Morgan fingerprint density at radius 1 is 1.26 bits per heavy atom. The average molecular weight is 280 g/mol. The lowest BCUT2D eigenvalue weighted by Gasteiger charge is -2.16. The van der Waals surface area contributed by atoms with E-state index < -0.39 is 6.10 Å². The summed E-state index contributed by atoms with van der Waals surface area (Å²) in [5, 5.41) is 13.9. The summed E-state index contributed by atoms with van der Waals surface area (Å²) in [6.45, 7) is 2.56. The largest absolute Gasteiger partial charge is 0.467 e. The summed E-state index contributed by atoms with van der Waals surface area (Å²) >= 11 is 5.85. The van der Waals surface area contributed by atoms with Gasteiger partial charge < -0.3 is 14.8 Å². The van der Waals surface area contributed by atoms with E-state index in [1.807, 2.05) is 24.3 Å². The molecule has 0 spiro atoms. The molecule has 2 atom stereocenters. The van der Waals surface area contributed by atoms with Crippen molar-refractivity contribution in [3.05, 3.63) is 59.0 Å². The van der Waals surface area contributed by atoms with Gasteiger partial charge in [0.2, 0.25) is 0 Å². The molecule has 1 aromatic heterocycles. The smallest absolute Gasteiger partial charge is 0.133 e. The molecule has 1 aromatic carbocycles. The Morgan fingerprint density at radius 2 is 2.00 bits per heavy atom. The van der Waals surface area contributed by atoms with Crippen molar-refractivity contribution < 1.29 is 9.52 Å². The van der Waals surface area contributed by atoms with Gasteiger partial charge in [0.15, 0.2) is 0 Å². The highest BCUT2D eigenvalue weighted by molar-refractivity contribution is 6.30. The number of halogens is 1. The maximum absolute atomic E-state index is 9.89. The zero-order chi connectivity index (χ0) is 13.7. The molecule has 0 aliphatic heterocycles. The van der Waals surface area contributed by atoms with Gasteiger partial charge in [-0.05, 0) is 43.2 Å². The molecule has 19 heavy (non-hydrogen) atoms. The first-order valence-electron chi connectivity index (χ1n) is 6.34. The lowest BCUT2D eigenvalue weighted by molar-refractivity contribution is 0.144. The molecule has 102 valence electrons. The quantitative estimate of drug-likeness (QED) is 0.854. The number of hydrogen-bond donors (Lipinski definition) is 2. The van der Waals surface area contributed by atoms with Crippen molar-refractivity contribution in [2.45, 2.75) is 25.5 Å². The Hall–Kier alpha value is -1.29. The molecule has 2 N–H and O–H groups in total. The molecule has 0 aliphatic rings. The summed E-state index contributed by atoms with van der Waals surface area (Å²) in [4.78, 5) is 0. The molecule has 0 bridgehead atoms. The van der Waals surface area contributed by atoms with Crippen LogP contribution in [0, 0.1) is 0 Å². The normalized spacial score (nSPS) is 14.3. The SMILES string of the molecule is CC(Cc1ccc(Cl)cc1)NCC(O)c1ccco1. The third-order valence-corrected chi connectivity index (χ3v) is 3.24. The van der Waals surface area contributed by atoms with Crippen LogP contribution in [0.25, 0.3) is 0 Å². The Bertz CT molecular complexity index is 481. The summed E-state index contributed by atoms with van der Waals surface area (Å²) in [7, 11) is 0. The first-order valence-corrected chi connectivity index (χ1v) is 6.72. The third kappa shape index (κ3) is 4.39. The first kappa shape index (κ1) is 14.1. The van der Waals surface area contributed by atoms with Gasteiger partial charge in [0.05, 0.1) is 6.26 Å². The van der Waals surface area contributed by atoms with Crippen molar-refractivity contribution in [3.8, 4) is 0 Å². The van der Waals surface area contributed by atoms with Gasteiger partial charge in [0.25, 0.3) is 0 Å². The summed E-state index contributed by atoms with van der Waals surface area (Å²) in [5.74, 6) is 0.589. The van der Waals surface area contributed by atoms with Gasteiger partial charge in [-0.3, -0.25) is 0 Å². The van der Waals surface area contributed by atoms with Crippen LogP contribution in [0.1, 0.15) is 24.4 Å². The molecular formula is C15H18ClNO2. The number of rotatable bonds is 6. The van der Waals surface area contributed by atoms with Gasteiger partial charge in [0, 0.05) is 17.6 Å². The van der Waals surface area contributed by atoms with Gasteiger partial charge in [0.1, 0.15) is 11.9 Å². The van der Waals surface area contributed by atoms with E-state index in [4.69, 9.17) is 16.0 Å². The summed E-state index contributed by atoms with van der Waals surface area (Å²) in [6.07, 6.45) is 1.85. The van der Waals surface area contributed by atoms with Gasteiger partial charge >= 0.3 is 0 Å². The second-order valence-corrected chi connectivity index (χ2v) is 5.11. The monoisotopic (exact) mass is 279 g/mol. The van der Waals surface area contributed by atoms with E-state index in [2.05, 4.69) is 12.2 Å². The van der Waals surface area contributed by atoms with E-state index >= 15 is 0 Å². The molecule has 4 heteroatoms. The summed E-state index contributed by atoms with van der Waals surface area (Å²) in [6, 6.07) is 11.6. The number of benzene rings is 1. The first-order chi connectivity index (χ1) is 9.15. The minimum atomic E-state index is -0.609. The number of hydrogen-bond acceptors (Lipinski definition) is 3. The molecule has 0 saturated carbocycles. The molecule has 0 aliphatic carbocycles. The zero-order valence-electron chi connectivity index (χ0n) is 10.8. The molecule has 3 nitrogen and oxygen atoms in total. The zero-order valence-corrected chi connectivity index (χ0v) is 11.6. The maximum atomic E-state index is 9.89. The van der Waals surface area contributed by atoms with Crippen LogP contribution in [0.3, 0.4) is 0 Å². The van der Waals surface area contributed by atoms with Gasteiger partial charge in [-0.1, -0.05) is 23.7 Å². The summed E-state index contributed by atoms with van der Waals surface area (Å²) < 4.78 is 5.15. The van der Waals surface area contributed by atoms with Crippen molar-refractivity contribution in [3.63, 3.8) is 0 Å². The highest BCUT2D eigenvalue weighted by Crippen LogP contribution is 2.13. The second kappa shape index (κ2) is 6.75. The van der Waals surface area contributed by atoms with Crippen LogP contribution >= 0.6 is 11.6 Å². The number of aliphatic hydroxyl groups is 1. The molecule has 0 radical (unpaired) electrons. The molecule has 0 amide bonds. The minimum absolute atomic E-state index is 0.269. The van der Waals surface area contributed by atoms with E-state index in [0.29, 0.717) is 12.3 Å². The van der Waals surface area contributed by atoms with Crippen LogP contribution in [0.4, 0.5) is 0 Å². The van der Waals surface area contributed by atoms with Crippen molar-refractivity contribution in [1.82, 2.24) is 5.32 Å². The number of nitrogens with one attached hydrogen (secondary N) is 1. The molecular weight excluding hydrogens is 262 g/mol. The summed E-state index contributed by atoms with van der Waals surface area (Å²) in [5.41, 5.74) is 1.22. The Morgan fingerprint density at radius 3 is 2.63 bits per heavy atom. The number of furan rings is 1. The predicted molar refractivity (Wildman–Crippen MR) is 76.3 cm³/mol. The van der Waals surface area contributed by atoms with Gasteiger partial charge in [-0.2, -0.15) is 0 Å². The lowest BCUT2D eigenvalue weighted by atomic mass is 10.1. The molecule has 2 rings (SSSR count). The highest BCUT2D eigenvalue weighted by Gasteiger charge is 2.11. The minimum Gasteiger partial charge on any atom is -0.467 e. The van der Waals surface area contributed by atoms with Crippen LogP contribution < -0.4 is 5.32 Å². The predicted octanol–water partition coefficient (Wildman–Crippen LogP) is 3.19. The molecule has 2 unspecified atom stereocenters. The Balaban J connectivity index is 1.78. The van der Waals surface area contributed by atoms with Gasteiger partial charge in [-0.25, -0.2) is 0 Å². The van der Waals surface area contributed by atoms with Crippen molar-refractivity contribution in [2.24, 2.45) is 0 Å². The lowest BCUT2D eigenvalue weighted by Crippen LogP contribution is -2.31. The van der Waals surface area contributed by atoms with E-state index in [-0.39, 0.29) is 6.04 Å². The molecule has 2 aromatic rings. The molecule has 0 saturated heterocycles. The molecule has 1 heterocycles. The van der Waals surface area contributed by atoms with Gasteiger partial charge in [-0.15, -0.1) is 0 Å². The Labute approximate surface area is 118 Å². The topological polar surface area (TPSA) is 45.4 Å². The third-order valence-electron chi connectivity index (χ3n) is 2.99. The van der Waals surface area contributed by atoms with E-state index in [9.17, 15) is 5.11 Å². The molecule has 0 fully saturated rings. The second-order valence-electron chi connectivity index (χ2n) is 4.67. The van der Waals surface area contributed by atoms with E-state index in [1.165, 1.54) is 5.56 Å². The maximum Gasteiger partial charge on any atom is 0.133 e. The van der Waals surface area contributed by atoms with Crippen LogP contribution in [0.2, 0.25) is 5.02 Å². The fourth-order valence-corrected chi connectivity index (χ4v) is 2.07. The van der Waals surface area contributed by atoms with Crippen molar-refractivity contribution in [2.75, 3.05) is 6.54 Å². The average Bonchev–Trinajstić information content (AvgIpc) is 2.93. The van der Waals surface area contributed by atoms with E-state index in [1.54, 1.807) is 18.4 Å². The fraction of sp³-hybridized carbons (Fsp3) is 0.333. The van der Waals surface area contributed by atoms with Crippen LogP contribution in [0.15, 0.2) is 47.1 Å². The van der Waals surface area contributed by atoms with Crippen molar-refractivity contribution in [1.29, 1.82) is 0 Å². The number of aliphatic hydroxyl groups excluding tert-OH is 1. The fourth-order valence-electron chi connectivity index (χ4n) is 1.94. The van der Waals surface area contributed by atoms with Crippen LogP contribution in [-0.4, -0.2) is 17.7 Å². The van der Waals surface area contributed by atoms with Crippen molar-refractivity contribution >= 4 is 11.6 Å². The van der Waals surface area contributed by atoms with Crippen LogP contribution in [-0.2, 0) is 6.42 Å². The van der Waals surface area contributed by atoms with E-state index in [0.717, 1.165) is 11.4 Å². The Kier molecular flexibility index (Phi) is 5.02. The van der Waals surface area contributed by atoms with Crippen LogP contribution in [0.5, 0.6) is 0 Å².